The van der Waals surface area contributed by atoms with E-state index >= 15 is 0 Å². The van der Waals surface area contributed by atoms with Gasteiger partial charge in [-0.3, -0.25) is 4.79 Å². The van der Waals surface area contributed by atoms with Crippen LogP contribution in [0.2, 0.25) is 0 Å². The third-order valence-electron chi connectivity index (χ3n) is 2.88. The van der Waals surface area contributed by atoms with Crippen molar-refractivity contribution in [1.29, 1.82) is 0 Å². The fourth-order valence-corrected chi connectivity index (χ4v) is 2.60. The number of benzene rings is 2. The maximum atomic E-state index is 12.3. The highest BCUT2D eigenvalue weighted by molar-refractivity contribution is 8.14. The molecule has 104 valence electrons. The van der Waals surface area contributed by atoms with E-state index in [0.29, 0.717) is 10.7 Å². The Morgan fingerprint density at radius 3 is 2.67 bits per heavy atom. The van der Waals surface area contributed by atoms with Crippen LogP contribution in [-0.2, 0) is 0 Å². The number of thioether (sulfide) groups is 1. The standard InChI is InChI=1S/C15H12N4OS/c1-11-6-5-7-12(10-11)14(20)21-15-16-17-18-19(15)13-8-3-2-4-9-13/h2-10H,1H3. The van der Waals surface area contributed by atoms with Gasteiger partial charge in [0.15, 0.2) is 0 Å². The molecule has 0 saturated carbocycles. The van der Waals surface area contributed by atoms with Gasteiger partial charge in [-0.1, -0.05) is 42.0 Å². The van der Waals surface area contributed by atoms with Gasteiger partial charge >= 0.3 is 0 Å². The van der Waals surface area contributed by atoms with E-state index in [1.807, 2.05) is 55.5 Å². The van der Waals surface area contributed by atoms with Crippen LogP contribution in [0.15, 0.2) is 59.8 Å². The molecule has 0 N–H and O–H groups in total. The lowest BCUT2D eigenvalue weighted by molar-refractivity contribution is 0.108. The zero-order chi connectivity index (χ0) is 14.7. The summed E-state index contributed by atoms with van der Waals surface area (Å²) in [5.74, 6) is 0. The minimum atomic E-state index is -0.0781. The molecule has 6 heteroatoms. The third-order valence-corrected chi connectivity index (χ3v) is 3.74. The Kier molecular flexibility index (Phi) is 3.79. The number of para-hydroxylation sites is 1. The fourth-order valence-electron chi connectivity index (χ4n) is 1.89. The zero-order valence-electron chi connectivity index (χ0n) is 11.3. The smallest absolute Gasteiger partial charge is 0.227 e. The van der Waals surface area contributed by atoms with Gasteiger partial charge < -0.3 is 0 Å². The highest BCUT2D eigenvalue weighted by Gasteiger charge is 2.15. The van der Waals surface area contributed by atoms with Crippen LogP contribution in [0, 0.1) is 6.92 Å². The number of rotatable bonds is 3. The Hall–Kier alpha value is -2.47. The summed E-state index contributed by atoms with van der Waals surface area (Å²) in [7, 11) is 0. The second kappa shape index (κ2) is 5.88. The van der Waals surface area contributed by atoms with Crippen molar-refractivity contribution in [2.75, 3.05) is 0 Å². The van der Waals surface area contributed by atoms with Crippen LogP contribution in [0.4, 0.5) is 0 Å². The topological polar surface area (TPSA) is 60.7 Å². The first-order chi connectivity index (χ1) is 10.2. The van der Waals surface area contributed by atoms with Gasteiger partial charge in [0.25, 0.3) is 0 Å². The molecule has 21 heavy (non-hydrogen) atoms. The Bertz CT molecular complexity index is 770. The number of hydrogen-bond donors (Lipinski definition) is 0. The van der Waals surface area contributed by atoms with Crippen molar-refractivity contribution in [2.45, 2.75) is 12.1 Å². The van der Waals surface area contributed by atoms with Gasteiger partial charge in [-0.25, -0.2) is 0 Å². The van der Waals surface area contributed by atoms with Crippen LogP contribution in [-0.4, -0.2) is 25.3 Å². The molecule has 0 fully saturated rings. The number of tetrazole rings is 1. The van der Waals surface area contributed by atoms with Crippen LogP contribution >= 0.6 is 11.8 Å². The SMILES string of the molecule is Cc1cccc(C(=O)Sc2nnnn2-c2ccccc2)c1. The number of nitrogens with zero attached hydrogens (tertiary/aromatic N) is 4. The second-order valence-electron chi connectivity index (χ2n) is 4.47. The molecule has 0 aliphatic heterocycles. The summed E-state index contributed by atoms with van der Waals surface area (Å²) >= 11 is 1.02. The fraction of sp³-hybridized carbons (Fsp3) is 0.0667. The summed E-state index contributed by atoms with van der Waals surface area (Å²) in [6, 6.07) is 16.9. The lowest BCUT2D eigenvalue weighted by Crippen LogP contribution is -2.01. The molecule has 1 aromatic heterocycles. The number of carbonyl (C=O) groups is 1. The van der Waals surface area contributed by atoms with Crippen LogP contribution in [0.1, 0.15) is 15.9 Å². The van der Waals surface area contributed by atoms with E-state index < -0.39 is 0 Å². The van der Waals surface area contributed by atoms with Gasteiger partial charge in [-0.05, 0) is 47.3 Å². The van der Waals surface area contributed by atoms with Crippen molar-refractivity contribution < 1.29 is 4.79 Å². The average molecular weight is 296 g/mol. The highest BCUT2D eigenvalue weighted by Crippen LogP contribution is 2.22. The molecule has 0 radical (unpaired) electrons. The van der Waals surface area contributed by atoms with Gasteiger partial charge in [0, 0.05) is 5.56 Å². The normalized spacial score (nSPS) is 10.5. The molecule has 2 aromatic carbocycles. The van der Waals surface area contributed by atoms with E-state index in [1.54, 1.807) is 10.7 Å². The molecule has 0 aliphatic carbocycles. The maximum absolute atomic E-state index is 12.3. The molecule has 0 atom stereocenters. The predicted octanol–water partition coefficient (Wildman–Crippen LogP) is 2.90. The van der Waals surface area contributed by atoms with Crippen molar-refractivity contribution in [3.05, 3.63) is 65.7 Å². The molecule has 5 nitrogen and oxygen atoms in total. The summed E-state index contributed by atoms with van der Waals surface area (Å²) in [5.41, 5.74) is 2.51. The summed E-state index contributed by atoms with van der Waals surface area (Å²) in [6.07, 6.45) is 0. The first-order valence-corrected chi connectivity index (χ1v) is 7.18. The van der Waals surface area contributed by atoms with Gasteiger partial charge in [0.2, 0.25) is 10.3 Å². The van der Waals surface area contributed by atoms with Crippen molar-refractivity contribution >= 4 is 16.9 Å². The Morgan fingerprint density at radius 2 is 1.90 bits per heavy atom. The van der Waals surface area contributed by atoms with Crippen molar-refractivity contribution in [3.8, 4) is 5.69 Å². The lowest BCUT2D eigenvalue weighted by Gasteiger charge is -2.03. The van der Waals surface area contributed by atoms with Crippen LogP contribution < -0.4 is 0 Å². The van der Waals surface area contributed by atoms with Crippen LogP contribution in [0.3, 0.4) is 0 Å². The minimum Gasteiger partial charge on any atom is -0.281 e. The molecule has 0 aliphatic rings. The Labute approximate surface area is 126 Å². The number of hydrogen-bond acceptors (Lipinski definition) is 5. The number of carbonyl (C=O) groups excluding carboxylic acids is 1. The predicted molar refractivity (Wildman–Crippen MR) is 80.5 cm³/mol. The minimum absolute atomic E-state index is 0.0781. The number of aromatic nitrogens is 4. The second-order valence-corrected chi connectivity index (χ2v) is 5.41. The van der Waals surface area contributed by atoms with Crippen molar-refractivity contribution in [2.24, 2.45) is 0 Å². The summed E-state index contributed by atoms with van der Waals surface area (Å²) in [5, 5.41) is 11.9. The molecule has 1 heterocycles. The van der Waals surface area contributed by atoms with E-state index in [9.17, 15) is 4.79 Å². The molecule has 0 spiro atoms. The van der Waals surface area contributed by atoms with Crippen molar-refractivity contribution in [3.63, 3.8) is 0 Å². The maximum Gasteiger partial charge on any atom is 0.227 e. The first-order valence-electron chi connectivity index (χ1n) is 6.37. The summed E-state index contributed by atoms with van der Waals surface area (Å²) in [6.45, 7) is 1.95. The van der Waals surface area contributed by atoms with Crippen LogP contribution in [0.5, 0.6) is 0 Å². The summed E-state index contributed by atoms with van der Waals surface area (Å²) < 4.78 is 1.55. The molecule has 3 aromatic rings. The van der Waals surface area contributed by atoms with Gasteiger partial charge in [-0.15, -0.1) is 5.10 Å². The van der Waals surface area contributed by atoms with E-state index in [0.717, 1.165) is 23.0 Å². The molecule has 0 amide bonds. The van der Waals surface area contributed by atoms with Gasteiger partial charge in [0.05, 0.1) is 5.69 Å². The largest absolute Gasteiger partial charge is 0.281 e. The quantitative estimate of drug-likeness (QED) is 0.695. The van der Waals surface area contributed by atoms with E-state index in [1.165, 1.54) is 0 Å². The first kappa shape index (κ1) is 13.5. The molecule has 0 saturated heterocycles. The molecule has 3 rings (SSSR count). The third kappa shape index (κ3) is 3.00. The Morgan fingerprint density at radius 1 is 1.10 bits per heavy atom. The lowest BCUT2D eigenvalue weighted by atomic mass is 10.2. The molecule has 0 unspecified atom stereocenters. The van der Waals surface area contributed by atoms with Gasteiger partial charge in [0.1, 0.15) is 0 Å². The van der Waals surface area contributed by atoms with Gasteiger partial charge in [-0.2, -0.15) is 4.68 Å². The molecular formula is C15H12N4OS. The highest BCUT2D eigenvalue weighted by atomic mass is 32.2. The van der Waals surface area contributed by atoms with Crippen LogP contribution in [0.25, 0.3) is 5.69 Å². The monoisotopic (exact) mass is 296 g/mol. The Balaban J connectivity index is 1.87. The zero-order valence-corrected chi connectivity index (χ0v) is 12.1. The number of aryl methyl sites for hydroxylation is 1. The molecular weight excluding hydrogens is 284 g/mol. The van der Waals surface area contributed by atoms with E-state index in [-0.39, 0.29) is 5.12 Å². The van der Waals surface area contributed by atoms with E-state index in [4.69, 9.17) is 0 Å². The van der Waals surface area contributed by atoms with E-state index in [2.05, 4.69) is 15.5 Å². The average Bonchev–Trinajstić information content (AvgIpc) is 2.96. The van der Waals surface area contributed by atoms with Crippen molar-refractivity contribution in [1.82, 2.24) is 20.2 Å². The summed E-state index contributed by atoms with van der Waals surface area (Å²) in [4.78, 5) is 12.3. The molecule has 0 bridgehead atoms.